The van der Waals surface area contributed by atoms with Gasteiger partial charge in [0.2, 0.25) is 0 Å². The van der Waals surface area contributed by atoms with Crippen molar-refractivity contribution in [1.82, 2.24) is 4.90 Å². The zero-order valence-corrected chi connectivity index (χ0v) is 12.7. The topological polar surface area (TPSA) is 85.0 Å². The molecule has 1 aliphatic rings. The maximum atomic E-state index is 12.6. The third-order valence-corrected chi connectivity index (χ3v) is 3.91. The summed E-state index contributed by atoms with van der Waals surface area (Å²) in [5.41, 5.74) is 6.01. The number of carbonyl (C=O) groups is 1. The van der Waals surface area contributed by atoms with Gasteiger partial charge in [-0.2, -0.15) is 0 Å². The van der Waals surface area contributed by atoms with Gasteiger partial charge >= 0.3 is 0 Å². The molecular weight excluding hydrogens is 272 g/mol. The highest BCUT2D eigenvalue weighted by Gasteiger charge is 2.31. The van der Waals surface area contributed by atoms with Crippen LogP contribution in [0.2, 0.25) is 0 Å². The van der Waals surface area contributed by atoms with Crippen molar-refractivity contribution in [3.63, 3.8) is 0 Å². The summed E-state index contributed by atoms with van der Waals surface area (Å²) >= 11 is 0. The third-order valence-electron chi connectivity index (χ3n) is 3.91. The average molecular weight is 294 g/mol. The molecule has 0 aromatic heterocycles. The molecule has 6 heteroatoms. The second-order valence-corrected chi connectivity index (χ2v) is 5.58. The summed E-state index contributed by atoms with van der Waals surface area (Å²) in [6.07, 6.45) is 1.12. The lowest BCUT2D eigenvalue weighted by Gasteiger charge is -2.36. The first kappa shape index (κ1) is 15.4. The first-order valence-corrected chi connectivity index (χ1v) is 6.91. The summed E-state index contributed by atoms with van der Waals surface area (Å²) in [4.78, 5) is 14.3. The highest BCUT2D eigenvalue weighted by atomic mass is 16.5. The molecule has 1 fully saturated rings. The molecule has 0 unspecified atom stereocenters. The van der Waals surface area contributed by atoms with Crippen molar-refractivity contribution in [2.45, 2.75) is 25.4 Å². The predicted octanol–water partition coefficient (Wildman–Crippen LogP) is 1.27. The van der Waals surface area contributed by atoms with Crippen LogP contribution in [-0.4, -0.2) is 48.8 Å². The second kappa shape index (κ2) is 5.81. The number of benzene rings is 1. The van der Waals surface area contributed by atoms with Crippen molar-refractivity contribution in [2.24, 2.45) is 0 Å². The molecule has 0 bridgehead atoms. The molecule has 1 heterocycles. The van der Waals surface area contributed by atoms with Crippen LogP contribution in [0.15, 0.2) is 12.1 Å². The summed E-state index contributed by atoms with van der Waals surface area (Å²) in [5, 5.41) is 9.95. The van der Waals surface area contributed by atoms with Gasteiger partial charge in [-0.3, -0.25) is 4.79 Å². The number of hydrogen-bond acceptors (Lipinski definition) is 5. The minimum Gasteiger partial charge on any atom is -0.493 e. The Bertz CT molecular complexity index is 533. The van der Waals surface area contributed by atoms with E-state index in [4.69, 9.17) is 15.2 Å². The zero-order chi connectivity index (χ0) is 15.6. The molecule has 0 aliphatic carbocycles. The molecule has 116 valence electrons. The number of nitrogen functional groups attached to an aromatic ring is 1. The van der Waals surface area contributed by atoms with Gasteiger partial charge in [-0.1, -0.05) is 0 Å². The van der Waals surface area contributed by atoms with Crippen molar-refractivity contribution in [1.29, 1.82) is 0 Å². The van der Waals surface area contributed by atoms with Gasteiger partial charge in [-0.25, -0.2) is 0 Å². The van der Waals surface area contributed by atoms with Crippen LogP contribution in [0.25, 0.3) is 0 Å². The van der Waals surface area contributed by atoms with Crippen LogP contribution in [-0.2, 0) is 0 Å². The summed E-state index contributed by atoms with van der Waals surface area (Å²) in [6, 6.07) is 3.19. The first-order chi connectivity index (χ1) is 9.88. The van der Waals surface area contributed by atoms with Gasteiger partial charge in [-0.15, -0.1) is 0 Å². The van der Waals surface area contributed by atoms with Gasteiger partial charge in [0.15, 0.2) is 11.5 Å². The van der Waals surface area contributed by atoms with Crippen LogP contribution >= 0.6 is 0 Å². The van der Waals surface area contributed by atoms with E-state index in [-0.39, 0.29) is 5.91 Å². The molecule has 3 N–H and O–H groups in total. The first-order valence-electron chi connectivity index (χ1n) is 6.91. The van der Waals surface area contributed by atoms with Crippen molar-refractivity contribution in [3.05, 3.63) is 17.7 Å². The smallest absolute Gasteiger partial charge is 0.256 e. The molecule has 6 nitrogen and oxygen atoms in total. The molecule has 1 aliphatic heterocycles. The molecule has 0 atom stereocenters. The molecule has 1 saturated heterocycles. The van der Waals surface area contributed by atoms with Crippen molar-refractivity contribution >= 4 is 11.6 Å². The summed E-state index contributed by atoms with van der Waals surface area (Å²) in [5.74, 6) is 0.816. The zero-order valence-electron chi connectivity index (χ0n) is 12.7. The van der Waals surface area contributed by atoms with Gasteiger partial charge in [-0.05, 0) is 25.8 Å². The summed E-state index contributed by atoms with van der Waals surface area (Å²) < 4.78 is 10.4. The number of amides is 1. The van der Waals surface area contributed by atoms with Gasteiger partial charge in [0.25, 0.3) is 5.91 Å². The van der Waals surface area contributed by atoms with E-state index in [9.17, 15) is 9.90 Å². The lowest BCUT2D eigenvalue weighted by Crippen LogP contribution is -2.45. The standard InChI is InChI=1S/C15H22N2O4/c1-15(19)4-6-17(7-5-15)14(18)10-8-12(20-2)13(21-3)9-11(10)16/h8-9,19H,4-7,16H2,1-3H3. The minimum atomic E-state index is -0.695. The maximum Gasteiger partial charge on any atom is 0.256 e. The number of methoxy groups -OCH3 is 2. The number of anilines is 1. The molecule has 2 rings (SSSR count). The number of carbonyl (C=O) groups excluding carboxylic acids is 1. The fourth-order valence-corrected chi connectivity index (χ4v) is 2.44. The third kappa shape index (κ3) is 3.21. The average Bonchev–Trinajstić information content (AvgIpc) is 2.46. The van der Waals surface area contributed by atoms with E-state index < -0.39 is 5.60 Å². The van der Waals surface area contributed by atoms with Crippen LogP contribution in [0.5, 0.6) is 11.5 Å². The highest BCUT2D eigenvalue weighted by Crippen LogP contribution is 2.33. The van der Waals surface area contributed by atoms with Gasteiger partial charge in [0, 0.05) is 24.8 Å². The molecule has 0 saturated carbocycles. The number of piperidine rings is 1. The Kier molecular flexibility index (Phi) is 4.27. The Morgan fingerprint density at radius 1 is 1.24 bits per heavy atom. The molecule has 1 aromatic carbocycles. The van der Waals surface area contributed by atoms with E-state index in [0.717, 1.165) is 0 Å². The maximum absolute atomic E-state index is 12.6. The number of likely N-dealkylation sites (tertiary alicyclic amines) is 1. The van der Waals surface area contributed by atoms with Crippen LogP contribution in [0.4, 0.5) is 5.69 Å². The lowest BCUT2D eigenvalue weighted by atomic mass is 9.93. The number of ether oxygens (including phenoxy) is 2. The Labute approximate surface area is 124 Å². The molecule has 1 aromatic rings. The predicted molar refractivity (Wildman–Crippen MR) is 79.7 cm³/mol. The molecule has 21 heavy (non-hydrogen) atoms. The number of hydrogen-bond donors (Lipinski definition) is 2. The quantitative estimate of drug-likeness (QED) is 0.820. The van der Waals surface area contributed by atoms with Gasteiger partial charge in [0.05, 0.1) is 25.4 Å². The van der Waals surface area contributed by atoms with E-state index in [1.807, 2.05) is 0 Å². The van der Waals surface area contributed by atoms with E-state index in [0.29, 0.717) is 48.7 Å². The highest BCUT2D eigenvalue weighted by molar-refractivity contribution is 6.00. The fourth-order valence-electron chi connectivity index (χ4n) is 2.44. The molecule has 1 amide bonds. The fraction of sp³-hybridized carbons (Fsp3) is 0.533. The molecular formula is C15H22N2O4. The Hall–Kier alpha value is -1.95. The summed E-state index contributed by atoms with van der Waals surface area (Å²) in [7, 11) is 3.03. The normalized spacial score (nSPS) is 17.4. The van der Waals surface area contributed by atoms with Crippen LogP contribution in [0.1, 0.15) is 30.1 Å². The Balaban J connectivity index is 2.23. The largest absolute Gasteiger partial charge is 0.493 e. The summed E-state index contributed by atoms with van der Waals surface area (Å²) in [6.45, 7) is 2.82. The number of aliphatic hydroxyl groups is 1. The van der Waals surface area contributed by atoms with Crippen LogP contribution in [0.3, 0.4) is 0 Å². The van der Waals surface area contributed by atoms with E-state index in [1.54, 1.807) is 24.0 Å². The van der Waals surface area contributed by atoms with E-state index in [2.05, 4.69) is 0 Å². The van der Waals surface area contributed by atoms with Crippen LogP contribution in [0, 0.1) is 0 Å². The van der Waals surface area contributed by atoms with Gasteiger partial charge < -0.3 is 25.2 Å². The Morgan fingerprint density at radius 3 is 2.29 bits per heavy atom. The van der Waals surface area contributed by atoms with E-state index in [1.165, 1.54) is 14.2 Å². The number of rotatable bonds is 3. The van der Waals surface area contributed by atoms with Crippen LogP contribution < -0.4 is 15.2 Å². The second-order valence-electron chi connectivity index (χ2n) is 5.58. The minimum absolute atomic E-state index is 0.149. The number of nitrogens with two attached hydrogens (primary N) is 1. The monoisotopic (exact) mass is 294 g/mol. The number of nitrogens with zero attached hydrogens (tertiary/aromatic N) is 1. The van der Waals surface area contributed by atoms with Gasteiger partial charge in [0.1, 0.15) is 0 Å². The van der Waals surface area contributed by atoms with E-state index >= 15 is 0 Å². The van der Waals surface area contributed by atoms with Crippen molar-refractivity contribution in [3.8, 4) is 11.5 Å². The Morgan fingerprint density at radius 2 is 1.76 bits per heavy atom. The SMILES string of the molecule is COc1cc(N)c(C(=O)N2CCC(C)(O)CC2)cc1OC. The van der Waals surface area contributed by atoms with Crippen molar-refractivity contribution in [2.75, 3.05) is 33.0 Å². The lowest BCUT2D eigenvalue weighted by molar-refractivity contribution is -0.00200. The molecule has 0 spiro atoms. The van der Waals surface area contributed by atoms with Crippen molar-refractivity contribution < 1.29 is 19.4 Å². The molecule has 0 radical (unpaired) electrons.